The summed E-state index contributed by atoms with van der Waals surface area (Å²) < 4.78 is 0.852. The van der Waals surface area contributed by atoms with Gasteiger partial charge in [0.2, 0.25) is 5.91 Å². The standard InChI is InChI=1S/C14H25BrN4O.HI/c1-10(2)19-12(20)8-18(9-14(19,4)5)13(16-6)17-7-11(3)15;/h10H,3,7-9H2,1-2,4-6H3,(H,16,17);1H. The summed E-state index contributed by atoms with van der Waals surface area (Å²) in [6.07, 6.45) is 0. The van der Waals surface area contributed by atoms with E-state index in [9.17, 15) is 4.79 Å². The van der Waals surface area contributed by atoms with Gasteiger partial charge in [-0.15, -0.1) is 24.0 Å². The van der Waals surface area contributed by atoms with Crippen molar-refractivity contribution in [2.24, 2.45) is 4.99 Å². The van der Waals surface area contributed by atoms with Crippen molar-refractivity contribution in [2.45, 2.75) is 39.3 Å². The molecule has 21 heavy (non-hydrogen) atoms. The Hall–Kier alpha value is -0.310. The molecule has 1 aliphatic heterocycles. The van der Waals surface area contributed by atoms with E-state index in [2.05, 4.69) is 60.5 Å². The van der Waals surface area contributed by atoms with Gasteiger partial charge in [0.15, 0.2) is 5.96 Å². The van der Waals surface area contributed by atoms with Crippen molar-refractivity contribution >= 4 is 51.8 Å². The van der Waals surface area contributed by atoms with E-state index in [-0.39, 0.29) is 41.5 Å². The zero-order chi connectivity index (χ0) is 15.5. The van der Waals surface area contributed by atoms with Gasteiger partial charge in [0.05, 0.1) is 12.1 Å². The molecule has 1 fully saturated rings. The van der Waals surface area contributed by atoms with Gasteiger partial charge in [0.25, 0.3) is 0 Å². The van der Waals surface area contributed by atoms with Gasteiger partial charge >= 0.3 is 0 Å². The molecule has 122 valence electrons. The molecule has 5 nitrogen and oxygen atoms in total. The molecule has 7 heteroatoms. The van der Waals surface area contributed by atoms with E-state index in [4.69, 9.17) is 0 Å². The van der Waals surface area contributed by atoms with Crippen molar-refractivity contribution in [3.8, 4) is 0 Å². The number of carbonyl (C=O) groups is 1. The van der Waals surface area contributed by atoms with E-state index >= 15 is 0 Å². The van der Waals surface area contributed by atoms with Gasteiger partial charge in [0, 0.05) is 30.7 Å². The molecule has 1 rings (SSSR count). The molecule has 0 atom stereocenters. The van der Waals surface area contributed by atoms with E-state index in [1.165, 1.54) is 0 Å². The maximum absolute atomic E-state index is 12.4. The van der Waals surface area contributed by atoms with Gasteiger partial charge in [-0.3, -0.25) is 9.79 Å². The van der Waals surface area contributed by atoms with Crippen LogP contribution in [0.5, 0.6) is 0 Å². The fourth-order valence-electron chi connectivity index (χ4n) is 2.82. The highest BCUT2D eigenvalue weighted by molar-refractivity contribution is 14.0. The van der Waals surface area contributed by atoms with Crippen molar-refractivity contribution in [2.75, 3.05) is 26.7 Å². The Bertz CT molecular complexity index is 423. The summed E-state index contributed by atoms with van der Waals surface area (Å²) in [7, 11) is 1.73. The number of hydrogen-bond acceptors (Lipinski definition) is 2. The van der Waals surface area contributed by atoms with Gasteiger partial charge < -0.3 is 15.1 Å². The second-order valence-corrected chi connectivity index (χ2v) is 7.07. The molecular formula is C14H26BrIN4O. The first-order valence-electron chi connectivity index (χ1n) is 6.80. The minimum Gasteiger partial charge on any atom is -0.352 e. The van der Waals surface area contributed by atoms with Crippen LogP contribution in [0, 0.1) is 0 Å². The molecule has 0 aromatic carbocycles. The van der Waals surface area contributed by atoms with E-state index in [0.717, 1.165) is 17.0 Å². The molecule has 0 aliphatic carbocycles. The SMILES string of the molecule is C=C(Br)CNC(=NC)N1CC(=O)N(C(C)C)C(C)(C)C1.I. The van der Waals surface area contributed by atoms with Crippen LogP contribution in [0.3, 0.4) is 0 Å². The number of aliphatic imine (C=N–C) groups is 1. The maximum atomic E-state index is 12.4. The first-order chi connectivity index (χ1) is 9.19. The molecule has 1 heterocycles. The number of carbonyl (C=O) groups excluding carboxylic acids is 1. The number of rotatable bonds is 3. The number of hydrogen-bond donors (Lipinski definition) is 1. The topological polar surface area (TPSA) is 47.9 Å². The third kappa shape index (κ3) is 5.43. The molecule has 1 N–H and O–H groups in total. The fourth-order valence-corrected chi connectivity index (χ4v) is 2.96. The van der Waals surface area contributed by atoms with Crippen LogP contribution in [-0.4, -0.2) is 59.9 Å². The molecule has 0 spiro atoms. The van der Waals surface area contributed by atoms with Crippen LogP contribution in [0.4, 0.5) is 0 Å². The third-order valence-electron chi connectivity index (χ3n) is 3.29. The van der Waals surface area contributed by atoms with Gasteiger partial charge in [-0.2, -0.15) is 0 Å². The lowest BCUT2D eigenvalue weighted by molar-refractivity contribution is -0.145. The lowest BCUT2D eigenvalue weighted by Crippen LogP contribution is -2.66. The van der Waals surface area contributed by atoms with Crippen LogP contribution in [0.15, 0.2) is 16.1 Å². The minimum atomic E-state index is -0.216. The quantitative estimate of drug-likeness (QED) is 0.390. The highest BCUT2D eigenvalue weighted by Gasteiger charge is 2.40. The van der Waals surface area contributed by atoms with Crippen molar-refractivity contribution in [1.29, 1.82) is 0 Å². The molecule has 1 aliphatic rings. The summed E-state index contributed by atoms with van der Waals surface area (Å²) in [5.74, 6) is 0.868. The first-order valence-corrected chi connectivity index (χ1v) is 7.59. The van der Waals surface area contributed by atoms with E-state index < -0.39 is 0 Å². The second-order valence-electron chi connectivity index (χ2n) is 5.94. The summed E-state index contributed by atoms with van der Waals surface area (Å²) in [4.78, 5) is 20.6. The van der Waals surface area contributed by atoms with Gasteiger partial charge in [-0.05, 0) is 27.7 Å². The van der Waals surface area contributed by atoms with Crippen LogP contribution in [0.25, 0.3) is 0 Å². The number of guanidine groups is 1. The molecule has 0 bridgehead atoms. The van der Waals surface area contributed by atoms with E-state index in [1.54, 1.807) is 7.05 Å². The van der Waals surface area contributed by atoms with Crippen molar-refractivity contribution < 1.29 is 4.79 Å². The fraction of sp³-hybridized carbons (Fsp3) is 0.714. The number of nitrogens with one attached hydrogen (secondary N) is 1. The molecule has 0 aromatic heterocycles. The Morgan fingerprint density at radius 1 is 1.52 bits per heavy atom. The molecule has 0 saturated carbocycles. The molecular weight excluding hydrogens is 447 g/mol. The highest BCUT2D eigenvalue weighted by Crippen LogP contribution is 2.24. The molecule has 0 aromatic rings. The summed E-state index contributed by atoms with van der Waals surface area (Å²) in [5, 5.41) is 3.20. The van der Waals surface area contributed by atoms with Crippen molar-refractivity contribution in [3.05, 3.63) is 11.1 Å². The number of halogens is 2. The minimum absolute atomic E-state index is 0. The Kier molecular flexibility index (Phi) is 8.23. The van der Waals surface area contributed by atoms with Crippen LogP contribution >= 0.6 is 39.9 Å². The normalized spacial score (nSPS) is 18.6. The summed E-state index contributed by atoms with van der Waals surface area (Å²) in [5.41, 5.74) is -0.216. The molecule has 1 amide bonds. The Labute approximate surface area is 153 Å². The average molecular weight is 473 g/mol. The lowest BCUT2D eigenvalue weighted by atomic mass is 9.96. The van der Waals surface area contributed by atoms with Crippen LogP contribution in [0.1, 0.15) is 27.7 Å². The predicted octanol–water partition coefficient (Wildman–Crippen LogP) is 2.42. The number of amides is 1. The average Bonchev–Trinajstić information content (AvgIpc) is 2.26. The molecule has 1 saturated heterocycles. The smallest absolute Gasteiger partial charge is 0.242 e. The maximum Gasteiger partial charge on any atom is 0.242 e. The van der Waals surface area contributed by atoms with Crippen LogP contribution in [-0.2, 0) is 4.79 Å². The van der Waals surface area contributed by atoms with E-state index in [1.807, 2.05) is 9.80 Å². The summed E-state index contributed by atoms with van der Waals surface area (Å²) in [6.45, 7) is 13.8. The van der Waals surface area contributed by atoms with E-state index in [0.29, 0.717) is 13.1 Å². The highest BCUT2D eigenvalue weighted by atomic mass is 127. The van der Waals surface area contributed by atoms with Gasteiger partial charge in [-0.1, -0.05) is 22.5 Å². The van der Waals surface area contributed by atoms with Gasteiger partial charge in [0.1, 0.15) is 0 Å². The first kappa shape index (κ1) is 20.7. The summed E-state index contributed by atoms with van der Waals surface area (Å²) >= 11 is 3.31. The Balaban J connectivity index is 0.00000400. The summed E-state index contributed by atoms with van der Waals surface area (Å²) in [6, 6.07) is 0.206. The zero-order valence-corrected chi connectivity index (χ0v) is 17.4. The van der Waals surface area contributed by atoms with Crippen molar-refractivity contribution in [3.63, 3.8) is 0 Å². The van der Waals surface area contributed by atoms with Gasteiger partial charge in [-0.25, -0.2) is 0 Å². The number of nitrogens with zero attached hydrogens (tertiary/aromatic N) is 3. The van der Waals surface area contributed by atoms with Crippen LogP contribution in [0.2, 0.25) is 0 Å². The van der Waals surface area contributed by atoms with Crippen LogP contribution < -0.4 is 5.32 Å². The third-order valence-corrected chi connectivity index (χ3v) is 3.57. The second kappa shape index (κ2) is 8.36. The lowest BCUT2D eigenvalue weighted by Gasteiger charge is -2.49. The largest absolute Gasteiger partial charge is 0.352 e. The van der Waals surface area contributed by atoms with Crippen molar-refractivity contribution in [1.82, 2.24) is 15.1 Å². The Morgan fingerprint density at radius 2 is 2.10 bits per heavy atom. The Morgan fingerprint density at radius 3 is 2.48 bits per heavy atom. The predicted molar refractivity (Wildman–Crippen MR) is 102 cm³/mol. The molecule has 0 radical (unpaired) electrons. The monoisotopic (exact) mass is 472 g/mol. The zero-order valence-electron chi connectivity index (χ0n) is 13.4. The molecule has 0 unspecified atom stereocenters. The number of piperazine rings is 1.